The number of rotatable bonds is 3. The maximum Gasteiger partial charge on any atom is 0.242 e. The molecule has 0 bridgehead atoms. The number of carbonyl (C=O) groups is 1. The van der Waals surface area contributed by atoms with Crippen molar-refractivity contribution >= 4 is 21.6 Å². The van der Waals surface area contributed by atoms with Crippen LogP contribution < -0.4 is 5.32 Å². The van der Waals surface area contributed by atoms with Crippen LogP contribution in [0.5, 0.6) is 0 Å². The third kappa shape index (κ3) is 2.77. The number of carbonyl (C=O) groups excluding carboxylic acids is 1. The van der Waals surface area contributed by atoms with E-state index in [1.807, 2.05) is 6.07 Å². The van der Waals surface area contributed by atoms with Gasteiger partial charge in [-0.25, -0.2) is 8.42 Å². The van der Waals surface area contributed by atoms with E-state index in [9.17, 15) is 13.2 Å². The second-order valence-electron chi connectivity index (χ2n) is 4.94. The zero-order valence-corrected chi connectivity index (χ0v) is 12.7. The van der Waals surface area contributed by atoms with Gasteiger partial charge in [0.05, 0.1) is 6.07 Å². The molecule has 2 unspecified atom stereocenters. The van der Waals surface area contributed by atoms with E-state index in [1.165, 1.54) is 6.92 Å². The molecule has 0 radical (unpaired) electrons. The summed E-state index contributed by atoms with van der Waals surface area (Å²) in [4.78, 5) is 12.1. The first-order valence-electron chi connectivity index (χ1n) is 6.70. The molecule has 0 saturated heterocycles. The number of nitriles is 1. The number of benzene rings is 1. The summed E-state index contributed by atoms with van der Waals surface area (Å²) in [6.07, 6.45) is 0.186. The van der Waals surface area contributed by atoms with Crippen LogP contribution in [-0.4, -0.2) is 29.9 Å². The van der Waals surface area contributed by atoms with Gasteiger partial charge in [0.1, 0.15) is 6.04 Å². The van der Waals surface area contributed by atoms with E-state index in [1.54, 1.807) is 31.2 Å². The van der Waals surface area contributed by atoms with Crippen molar-refractivity contribution < 1.29 is 13.2 Å². The van der Waals surface area contributed by atoms with Crippen molar-refractivity contribution in [1.29, 1.82) is 5.26 Å². The first-order valence-corrected chi connectivity index (χ1v) is 8.21. The van der Waals surface area contributed by atoms with Gasteiger partial charge in [0.25, 0.3) is 0 Å². The van der Waals surface area contributed by atoms with Crippen molar-refractivity contribution in [3.05, 3.63) is 29.8 Å². The standard InChI is InChI=1S/C14H17N3O3S/c1-3-12(8-15)21(19,20)17-9-11-6-4-5-7-13(11)16-14(18)10(17)2/h4-7,10,12H,3,9H2,1-2H3,(H,16,18). The van der Waals surface area contributed by atoms with Gasteiger partial charge in [0, 0.05) is 12.2 Å². The third-order valence-electron chi connectivity index (χ3n) is 3.61. The summed E-state index contributed by atoms with van der Waals surface area (Å²) in [7, 11) is -3.86. The van der Waals surface area contributed by atoms with Crippen molar-refractivity contribution in [2.45, 2.75) is 38.1 Å². The molecule has 1 N–H and O–H groups in total. The molecule has 0 saturated carbocycles. The second-order valence-corrected chi connectivity index (χ2v) is 7.01. The molecule has 1 amide bonds. The lowest BCUT2D eigenvalue weighted by Crippen LogP contribution is -2.46. The zero-order chi connectivity index (χ0) is 15.6. The number of hydrogen-bond donors (Lipinski definition) is 1. The second kappa shape index (κ2) is 5.84. The number of nitrogens with one attached hydrogen (secondary N) is 1. The van der Waals surface area contributed by atoms with Gasteiger partial charge < -0.3 is 5.32 Å². The van der Waals surface area contributed by atoms with E-state index in [0.717, 1.165) is 4.31 Å². The van der Waals surface area contributed by atoms with Crippen molar-refractivity contribution in [3.8, 4) is 6.07 Å². The molecular weight excluding hydrogens is 290 g/mol. The number of sulfonamides is 1. The Hall–Kier alpha value is -1.91. The Bertz CT molecular complexity index is 694. The van der Waals surface area contributed by atoms with Gasteiger partial charge in [-0.2, -0.15) is 9.57 Å². The summed E-state index contributed by atoms with van der Waals surface area (Å²) in [6, 6.07) is 8.01. The number of fused-ring (bicyclic) bond motifs is 1. The zero-order valence-electron chi connectivity index (χ0n) is 11.9. The van der Waals surface area contributed by atoms with Crippen LogP contribution in [0.2, 0.25) is 0 Å². The lowest BCUT2D eigenvalue weighted by molar-refractivity contribution is -0.119. The van der Waals surface area contributed by atoms with Crippen LogP contribution in [0.1, 0.15) is 25.8 Å². The predicted octanol–water partition coefficient (Wildman–Crippen LogP) is 1.46. The van der Waals surface area contributed by atoms with E-state index in [-0.39, 0.29) is 13.0 Å². The quantitative estimate of drug-likeness (QED) is 0.915. The van der Waals surface area contributed by atoms with Crippen LogP contribution in [0.25, 0.3) is 0 Å². The minimum atomic E-state index is -3.86. The maximum atomic E-state index is 12.6. The molecule has 0 fully saturated rings. The van der Waals surface area contributed by atoms with Gasteiger partial charge in [-0.3, -0.25) is 4.79 Å². The Morgan fingerprint density at radius 2 is 2.14 bits per heavy atom. The molecule has 0 aromatic heterocycles. The van der Waals surface area contributed by atoms with Gasteiger partial charge >= 0.3 is 0 Å². The SMILES string of the molecule is CCC(C#N)S(=O)(=O)N1Cc2ccccc2NC(=O)C1C. The average molecular weight is 307 g/mol. The Kier molecular flexibility index (Phi) is 4.30. The fourth-order valence-electron chi connectivity index (χ4n) is 2.30. The molecule has 0 aliphatic carbocycles. The number of amides is 1. The molecule has 2 atom stereocenters. The smallest absolute Gasteiger partial charge is 0.242 e. The fourth-order valence-corrected chi connectivity index (χ4v) is 4.03. The highest BCUT2D eigenvalue weighted by Gasteiger charge is 2.39. The summed E-state index contributed by atoms with van der Waals surface area (Å²) in [5.41, 5.74) is 1.32. The molecule has 1 aliphatic heterocycles. The minimum Gasteiger partial charge on any atom is -0.324 e. The molecular formula is C14H17N3O3S. The lowest BCUT2D eigenvalue weighted by atomic mass is 10.2. The molecule has 1 aromatic rings. The minimum absolute atomic E-state index is 0.0800. The van der Waals surface area contributed by atoms with Gasteiger partial charge in [0.15, 0.2) is 5.25 Å². The topological polar surface area (TPSA) is 90.3 Å². The average Bonchev–Trinajstić information content (AvgIpc) is 2.58. The van der Waals surface area contributed by atoms with Gasteiger partial charge in [-0.05, 0) is 25.0 Å². The largest absolute Gasteiger partial charge is 0.324 e. The summed E-state index contributed by atoms with van der Waals surface area (Å²) in [6.45, 7) is 3.25. The molecule has 2 rings (SSSR count). The molecule has 1 heterocycles. The summed E-state index contributed by atoms with van der Waals surface area (Å²) in [5, 5.41) is 10.6. The van der Waals surface area contributed by atoms with Gasteiger partial charge in [-0.15, -0.1) is 0 Å². The van der Waals surface area contributed by atoms with Gasteiger partial charge in [-0.1, -0.05) is 25.1 Å². The highest BCUT2D eigenvalue weighted by atomic mass is 32.2. The Labute approximate surface area is 124 Å². The normalized spacial score (nSPS) is 20.8. The fraction of sp³-hybridized carbons (Fsp3) is 0.429. The molecule has 21 heavy (non-hydrogen) atoms. The van der Waals surface area contributed by atoms with Crippen molar-refractivity contribution in [3.63, 3.8) is 0 Å². The summed E-state index contributed by atoms with van der Waals surface area (Å²) in [5.74, 6) is -0.392. The van der Waals surface area contributed by atoms with Crippen LogP contribution in [0.3, 0.4) is 0 Å². The van der Waals surface area contributed by atoms with E-state index in [2.05, 4.69) is 5.32 Å². The molecule has 1 aliphatic rings. The summed E-state index contributed by atoms with van der Waals surface area (Å²) >= 11 is 0. The van der Waals surface area contributed by atoms with E-state index >= 15 is 0 Å². The Morgan fingerprint density at radius 1 is 1.48 bits per heavy atom. The maximum absolute atomic E-state index is 12.6. The number of hydrogen-bond acceptors (Lipinski definition) is 4. The van der Waals surface area contributed by atoms with Crippen LogP contribution >= 0.6 is 0 Å². The van der Waals surface area contributed by atoms with Crippen LogP contribution in [0.15, 0.2) is 24.3 Å². The van der Waals surface area contributed by atoms with Crippen LogP contribution in [-0.2, 0) is 21.4 Å². The van der Waals surface area contributed by atoms with Crippen molar-refractivity contribution in [1.82, 2.24) is 4.31 Å². The molecule has 1 aromatic carbocycles. The highest BCUT2D eigenvalue weighted by Crippen LogP contribution is 2.26. The molecule has 112 valence electrons. The Balaban J connectivity index is 2.49. The predicted molar refractivity (Wildman–Crippen MR) is 78.7 cm³/mol. The summed E-state index contributed by atoms with van der Waals surface area (Å²) < 4.78 is 26.3. The molecule has 6 nitrogen and oxygen atoms in total. The van der Waals surface area contributed by atoms with Gasteiger partial charge in [0.2, 0.25) is 15.9 Å². The molecule has 7 heteroatoms. The molecule has 0 spiro atoms. The van der Waals surface area contributed by atoms with E-state index < -0.39 is 27.2 Å². The monoisotopic (exact) mass is 307 g/mol. The first kappa shape index (κ1) is 15.5. The number of para-hydroxylation sites is 1. The third-order valence-corrected chi connectivity index (χ3v) is 5.87. The van der Waals surface area contributed by atoms with Crippen molar-refractivity contribution in [2.75, 3.05) is 5.32 Å². The van der Waals surface area contributed by atoms with Crippen LogP contribution in [0.4, 0.5) is 5.69 Å². The van der Waals surface area contributed by atoms with Crippen LogP contribution in [0, 0.1) is 11.3 Å². The highest BCUT2D eigenvalue weighted by molar-refractivity contribution is 7.90. The first-order chi connectivity index (χ1) is 9.91. The van der Waals surface area contributed by atoms with E-state index in [4.69, 9.17) is 5.26 Å². The lowest BCUT2D eigenvalue weighted by Gasteiger charge is -2.26. The number of anilines is 1. The number of nitrogens with zero attached hydrogens (tertiary/aromatic N) is 2. The van der Waals surface area contributed by atoms with E-state index in [0.29, 0.717) is 11.3 Å². The Morgan fingerprint density at radius 3 is 2.76 bits per heavy atom. The van der Waals surface area contributed by atoms with Crippen molar-refractivity contribution in [2.24, 2.45) is 0 Å².